The van der Waals surface area contributed by atoms with Crippen molar-refractivity contribution in [1.29, 1.82) is 0 Å². The fourth-order valence-corrected chi connectivity index (χ4v) is 2.49. The molecule has 1 heterocycles. The monoisotopic (exact) mass is 412 g/mol. The first kappa shape index (κ1) is 20.9. The summed E-state index contributed by atoms with van der Waals surface area (Å²) < 4.78 is 5.04. The zero-order chi connectivity index (χ0) is 14.5. The predicted octanol–water partition coefficient (Wildman–Crippen LogP) is 2.07. The highest BCUT2D eigenvalue weighted by Crippen LogP contribution is 2.07. The first-order chi connectivity index (χ1) is 9.86. The number of hydrogen-bond donors (Lipinski definition) is 2. The Hall–Kier alpha value is -0.0800. The molecule has 126 valence electrons. The number of hydrogen-bond acceptors (Lipinski definition) is 3. The minimum absolute atomic E-state index is 0. The summed E-state index contributed by atoms with van der Waals surface area (Å²) in [7, 11) is 3.59. The van der Waals surface area contributed by atoms with Gasteiger partial charge in [-0.05, 0) is 45.2 Å². The Morgan fingerprint density at radius 1 is 1.05 bits per heavy atom. The molecule has 0 aromatic heterocycles. The van der Waals surface area contributed by atoms with E-state index in [9.17, 15) is 0 Å². The molecule has 0 atom stereocenters. The lowest BCUT2D eigenvalue weighted by atomic mass is 10.1. The van der Waals surface area contributed by atoms with E-state index in [1.165, 1.54) is 38.8 Å². The maximum atomic E-state index is 5.04. The van der Waals surface area contributed by atoms with Gasteiger partial charge in [-0.1, -0.05) is 6.42 Å². The third-order valence-electron chi connectivity index (χ3n) is 3.71. The molecule has 0 amide bonds. The van der Waals surface area contributed by atoms with Gasteiger partial charge in [-0.2, -0.15) is 0 Å². The van der Waals surface area contributed by atoms with Gasteiger partial charge in [0.25, 0.3) is 0 Å². The van der Waals surface area contributed by atoms with E-state index in [1.54, 1.807) is 7.11 Å². The van der Waals surface area contributed by atoms with Crippen LogP contribution >= 0.6 is 24.0 Å². The van der Waals surface area contributed by atoms with Crippen molar-refractivity contribution in [1.82, 2.24) is 15.5 Å². The molecule has 0 bridgehead atoms. The SMILES string of the molecule is CN=C(NCCCCCOC)NCCN1CCCCC1.I. The summed E-state index contributed by atoms with van der Waals surface area (Å²) in [5.74, 6) is 0.925. The number of rotatable bonds is 9. The third-order valence-corrected chi connectivity index (χ3v) is 3.71. The quantitative estimate of drug-likeness (QED) is 0.264. The largest absolute Gasteiger partial charge is 0.385 e. The minimum Gasteiger partial charge on any atom is -0.385 e. The van der Waals surface area contributed by atoms with Gasteiger partial charge in [-0.3, -0.25) is 4.99 Å². The fourth-order valence-electron chi connectivity index (χ4n) is 2.49. The van der Waals surface area contributed by atoms with Crippen molar-refractivity contribution in [3.8, 4) is 0 Å². The van der Waals surface area contributed by atoms with E-state index in [1.807, 2.05) is 7.05 Å². The molecule has 0 aromatic rings. The first-order valence-corrected chi connectivity index (χ1v) is 8.02. The summed E-state index contributed by atoms with van der Waals surface area (Å²) in [5.41, 5.74) is 0. The number of likely N-dealkylation sites (tertiary alicyclic amines) is 1. The van der Waals surface area contributed by atoms with E-state index in [-0.39, 0.29) is 24.0 Å². The lowest BCUT2D eigenvalue weighted by Crippen LogP contribution is -2.42. The first-order valence-electron chi connectivity index (χ1n) is 8.02. The molecule has 0 unspecified atom stereocenters. The number of halogens is 1. The van der Waals surface area contributed by atoms with Crippen molar-refractivity contribution < 1.29 is 4.74 Å². The topological polar surface area (TPSA) is 48.9 Å². The van der Waals surface area contributed by atoms with Crippen LogP contribution in [-0.2, 0) is 4.74 Å². The van der Waals surface area contributed by atoms with Gasteiger partial charge in [0.2, 0.25) is 0 Å². The second-order valence-electron chi connectivity index (χ2n) is 5.38. The Morgan fingerprint density at radius 2 is 1.76 bits per heavy atom. The Bertz CT molecular complexity index is 258. The molecule has 1 rings (SSSR count). The molecule has 2 N–H and O–H groups in total. The number of nitrogens with one attached hydrogen (secondary N) is 2. The summed E-state index contributed by atoms with van der Waals surface area (Å²) >= 11 is 0. The zero-order valence-corrected chi connectivity index (χ0v) is 16.0. The van der Waals surface area contributed by atoms with Gasteiger partial charge >= 0.3 is 0 Å². The summed E-state index contributed by atoms with van der Waals surface area (Å²) in [6.45, 7) is 6.45. The average Bonchev–Trinajstić information content (AvgIpc) is 2.50. The highest BCUT2D eigenvalue weighted by atomic mass is 127. The summed E-state index contributed by atoms with van der Waals surface area (Å²) in [4.78, 5) is 6.79. The van der Waals surface area contributed by atoms with Crippen LogP contribution in [0.1, 0.15) is 38.5 Å². The molecule has 1 aliphatic heterocycles. The molecular weight excluding hydrogens is 379 g/mol. The van der Waals surface area contributed by atoms with Crippen LogP contribution in [0.15, 0.2) is 4.99 Å². The van der Waals surface area contributed by atoms with E-state index in [0.717, 1.165) is 45.0 Å². The predicted molar refractivity (Wildman–Crippen MR) is 101 cm³/mol. The maximum Gasteiger partial charge on any atom is 0.191 e. The van der Waals surface area contributed by atoms with E-state index >= 15 is 0 Å². The van der Waals surface area contributed by atoms with Gasteiger partial charge < -0.3 is 20.3 Å². The standard InChI is InChI=1S/C15H32N4O.HI/c1-16-15(17-9-5-3-8-14-20-2)18-10-13-19-11-6-4-7-12-19;/h3-14H2,1-2H3,(H2,16,17,18);1H. The molecule has 1 fully saturated rings. The second-order valence-corrected chi connectivity index (χ2v) is 5.38. The van der Waals surface area contributed by atoms with E-state index in [2.05, 4.69) is 20.5 Å². The number of nitrogens with zero attached hydrogens (tertiary/aromatic N) is 2. The molecule has 0 aliphatic carbocycles. The van der Waals surface area contributed by atoms with E-state index in [0.29, 0.717) is 0 Å². The van der Waals surface area contributed by atoms with Crippen LogP contribution < -0.4 is 10.6 Å². The number of ether oxygens (including phenoxy) is 1. The van der Waals surface area contributed by atoms with Gasteiger partial charge in [0, 0.05) is 40.4 Å². The van der Waals surface area contributed by atoms with Crippen LogP contribution in [0.4, 0.5) is 0 Å². The van der Waals surface area contributed by atoms with Crippen molar-refractivity contribution in [2.24, 2.45) is 4.99 Å². The highest BCUT2D eigenvalue weighted by molar-refractivity contribution is 14.0. The maximum absolute atomic E-state index is 5.04. The lowest BCUT2D eigenvalue weighted by Gasteiger charge is -2.26. The van der Waals surface area contributed by atoms with Crippen LogP contribution in [0.5, 0.6) is 0 Å². The Morgan fingerprint density at radius 3 is 2.43 bits per heavy atom. The molecule has 0 spiro atoms. The molecule has 1 aliphatic rings. The van der Waals surface area contributed by atoms with E-state index in [4.69, 9.17) is 4.74 Å². The fraction of sp³-hybridized carbons (Fsp3) is 0.933. The van der Waals surface area contributed by atoms with Gasteiger partial charge in [0.15, 0.2) is 5.96 Å². The van der Waals surface area contributed by atoms with Crippen molar-refractivity contribution in [3.63, 3.8) is 0 Å². The number of guanidine groups is 1. The summed E-state index contributed by atoms with van der Waals surface area (Å²) in [5, 5.41) is 6.75. The Balaban J connectivity index is 0.00000400. The van der Waals surface area contributed by atoms with Crippen LogP contribution in [0.3, 0.4) is 0 Å². The smallest absolute Gasteiger partial charge is 0.191 e. The van der Waals surface area contributed by atoms with E-state index < -0.39 is 0 Å². The Kier molecular flexibility index (Phi) is 14.8. The number of aliphatic imine (C=N–C) groups is 1. The molecule has 0 aromatic carbocycles. The van der Waals surface area contributed by atoms with Crippen LogP contribution in [0, 0.1) is 0 Å². The van der Waals surface area contributed by atoms with Crippen molar-refractivity contribution in [2.75, 3.05) is 53.5 Å². The van der Waals surface area contributed by atoms with Gasteiger partial charge in [0.05, 0.1) is 0 Å². The van der Waals surface area contributed by atoms with Crippen molar-refractivity contribution in [2.45, 2.75) is 38.5 Å². The third kappa shape index (κ3) is 11.2. The number of unbranched alkanes of at least 4 members (excludes halogenated alkanes) is 2. The molecule has 0 radical (unpaired) electrons. The zero-order valence-electron chi connectivity index (χ0n) is 13.7. The molecule has 1 saturated heterocycles. The van der Waals surface area contributed by atoms with Crippen molar-refractivity contribution >= 4 is 29.9 Å². The highest BCUT2D eigenvalue weighted by Gasteiger charge is 2.09. The average molecular weight is 412 g/mol. The van der Waals surface area contributed by atoms with Gasteiger partial charge in [-0.25, -0.2) is 0 Å². The molecule has 0 saturated carbocycles. The molecule has 6 heteroatoms. The molecule has 21 heavy (non-hydrogen) atoms. The molecular formula is C15H33IN4O. The lowest BCUT2D eigenvalue weighted by molar-refractivity contribution is 0.192. The van der Waals surface area contributed by atoms with Crippen molar-refractivity contribution in [3.05, 3.63) is 0 Å². The normalized spacial score (nSPS) is 16.4. The number of methoxy groups -OCH3 is 1. The number of piperidine rings is 1. The van der Waals surface area contributed by atoms with Crippen LogP contribution in [0.2, 0.25) is 0 Å². The minimum atomic E-state index is 0. The molecule has 5 nitrogen and oxygen atoms in total. The summed E-state index contributed by atoms with van der Waals surface area (Å²) in [6.07, 6.45) is 7.61. The van der Waals surface area contributed by atoms with Crippen LogP contribution in [-0.4, -0.2) is 64.3 Å². The second kappa shape index (κ2) is 14.8. The summed E-state index contributed by atoms with van der Waals surface area (Å²) in [6, 6.07) is 0. The van der Waals surface area contributed by atoms with Gasteiger partial charge in [0.1, 0.15) is 0 Å². The van der Waals surface area contributed by atoms with Gasteiger partial charge in [-0.15, -0.1) is 24.0 Å². The Labute approximate surface area is 147 Å². The van der Waals surface area contributed by atoms with Crippen LogP contribution in [0.25, 0.3) is 0 Å².